The van der Waals surface area contributed by atoms with Gasteiger partial charge in [-0.25, -0.2) is 9.37 Å². The number of amidine groups is 1. The van der Waals surface area contributed by atoms with Gasteiger partial charge in [0.1, 0.15) is 0 Å². The molecule has 0 bridgehead atoms. The van der Waals surface area contributed by atoms with Gasteiger partial charge in [-0.3, -0.25) is 0 Å². The Bertz CT molecular complexity index is 629. The first-order valence-electron chi connectivity index (χ1n) is 5.49. The summed E-state index contributed by atoms with van der Waals surface area (Å²) in [7, 11) is 0. The Morgan fingerprint density at radius 2 is 2.05 bits per heavy atom. The summed E-state index contributed by atoms with van der Waals surface area (Å²) in [5.41, 5.74) is 6.48. The Hall–Kier alpha value is -2.63. The maximum absolute atomic E-state index is 13.5. The molecular formula is C13H12FN3O2. The molecule has 1 heterocycles. The van der Waals surface area contributed by atoms with Crippen molar-refractivity contribution < 1.29 is 14.3 Å². The molecule has 0 saturated carbocycles. The number of hydrogen-bond donors (Lipinski definition) is 2. The molecule has 0 aliphatic carbocycles. The molecule has 0 aliphatic heterocycles. The summed E-state index contributed by atoms with van der Waals surface area (Å²) in [6, 6.07) is 9.20. The lowest BCUT2D eigenvalue weighted by molar-refractivity contribution is 0.318. The quantitative estimate of drug-likeness (QED) is 0.385. The largest absolute Gasteiger partial charge is 0.435 e. The molecule has 0 radical (unpaired) electrons. The number of benzene rings is 1. The van der Waals surface area contributed by atoms with Crippen LogP contribution < -0.4 is 10.5 Å². The van der Waals surface area contributed by atoms with Crippen LogP contribution in [0, 0.1) is 12.7 Å². The van der Waals surface area contributed by atoms with Crippen LogP contribution in [0.1, 0.15) is 11.3 Å². The SMILES string of the molecule is Cc1ccc(C(N)=NO)c(Oc2ccccc2F)n1. The van der Waals surface area contributed by atoms with Gasteiger partial charge < -0.3 is 15.7 Å². The molecule has 98 valence electrons. The van der Waals surface area contributed by atoms with E-state index in [0.717, 1.165) is 0 Å². The number of para-hydroxylation sites is 1. The van der Waals surface area contributed by atoms with Gasteiger partial charge in [-0.2, -0.15) is 0 Å². The average molecular weight is 261 g/mol. The molecule has 0 atom stereocenters. The van der Waals surface area contributed by atoms with Crippen LogP contribution in [0.25, 0.3) is 0 Å². The van der Waals surface area contributed by atoms with Crippen LogP contribution in [0.4, 0.5) is 4.39 Å². The third kappa shape index (κ3) is 2.79. The number of oxime groups is 1. The van der Waals surface area contributed by atoms with Crippen LogP contribution in [0.2, 0.25) is 0 Å². The van der Waals surface area contributed by atoms with Crippen molar-refractivity contribution >= 4 is 5.84 Å². The first-order chi connectivity index (χ1) is 9.11. The fraction of sp³-hybridized carbons (Fsp3) is 0.0769. The van der Waals surface area contributed by atoms with E-state index in [0.29, 0.717) is 5.69 Å². The molecule has 0 saturated heterocycles. The van der Waals surface area contributed by atoms with Crippen molar-refractivity contribution in [2.45, 2.75) is 6.92 Å². The first-order valence-corrected chi connectivity index (χ1v) is 5.49. The monoisotopic (exact) mass is 261 g/mol. The Morgan fingerprint density at radius 3 is 2.74 bits per heavy atom. The van der Waals surface area contributed by atoms with E-state index in [1.807, 2.05) is 0 Å². The molecule has 3 N–H and O–H groups in total. The van der Waals surface area contributed by atoms with Gasteiger partial charge in [0, 0.05) is 5.69 Å². The molecule has 2 aromatic rings. The van der Waals surface area contributed by atoms with Gasteiger partial charge in [0.25, 0.3) is 0 Å². The maximum atomic E-state index is 13.5. The molecule has 1 aromatic heterocycles. The van der Waals surface area contributed by atoms with Gasteiger partial charge in [-0.15, -0.1) is 0 Å². The lowest BCUT2D eigenvalue weighted by atomic mass is 10.2. The van der Waals surface area contributed by atoms with Crippen molar-refractivity contribution in [3.8, 4) is 11.6 Å². The van der Waals surface area contributed by atoms with E-state index in [1.54, 1.807) is 31.2 Å². The molecule has 0 aliphatic rings. The number of nitrogens with zero attached hydrogens (tertiary/aromatic N) is 2. The van der Waals surface area contributed by atoms with Crippen LogP contribution >= 0.6 is 0 Å². The fourth-order valence-electron chi connectivity index (χ4n) is 1.49. The Balaban J connectivity index is 2.44. The minimum absolute atomic E-state index is 0.0209. The fourth-order valence-corrected chi connectivity index (χ4v) is 1.49. The predicted molar refractivity (Wildman–Crippen MR) is 68.0 cm³/mol. The van der Waals surface area contributed by atoms with Gasteiger partial charge in [-0.1, -0.05) is 17.3 Å². The number of rotatable bonds is 3. The molecular weight excluding hydrogens is 249 g/mol. The molecule has 1 aromatic carbocycles. The predicted octanol–water partition coefficient (Wildman–Crippen LogP) is 2.42. The van der Waals surface area contributed by atoms with Crippen LogP contribution in [0.3, 0.4) is 0 Å². The van der Waals surface area contributed by atoms with Gasteiger partial charge >= 0.3 is 0 Å². The topological polar surface area (TPSA) is 80.7 Å². The van der Waals surface area contributed by atoms with E-state index in [1.165, 1.54) is 12.1 Å². The first kappa shape index (κ1) is 12.8. The number of nitrogens with two attached hydrogens (primary N) is 1. The van der Waals surface area contributed by atoms with Crippen molar-refractivity contribution in [1.82, 2.24) is 4.98 Å². The molecule has 19 heavy (non-hydrogen) atoms. The van der Waals surface area contributed by atoms with E-state index < -0.39 is 5.82 Å². The van der Waals surface area contributed by atoms with E-state index >= 15 is 0 Å². The number of aryl methyl sites for hydroxylation is 1. The van der Waals surface area contributed by atoms with E-state index in [2.05, 4.69) is 10.1 Å². The normalized spacial score (nSPS) is 11.4. The van der Waals surface area contributed by atoms with Gasteiger partial charge in [0.05, 0.1) is 5.56 Å². The zero-order valence-electron chi connectivity index (χ0n) is 10.2. The summed E-state index contributed by atoms with van der Waals surface area (Å²) >= 11 is 0. The highest BCUT2D eigenvalue weighted by Crippen LogP contribution is 2.25. The summed E-state index contributed by atoms with van der Waals surface area (Å²) in [6.45, 7) is 1.75. The third-order valence-electron chi connectivity index (χ3n) is 2.43. The molecule has 0 amide bonds. The number of aromatic nitrogens is 1. The summed E-state index contributed by atoms with van der Waals surface area (Å²) in [6.07, 6.45) is 0. The van der Waals surface area contributed by atoms with Gasteiger partial charge in [0.2, 0.25) is 5.88 Å². The van der Waals surface area contributed by atoms with Crippen molar-refractivity contribution in [3.05, 3.63) is 53.5 Å². The molecule has 0 fully saturated rings. The summed E-state index contributed by atoms with van der Waals surface area (Å²) in [5, 5.41) is 11.6. The Morgan fingerprint density at radius 1 is 1.32 bits per heavy atom. The lowest BCUT2D eigenvalue weighted by Gasteiger charge is -2.10. The number of hydrogen-bond acceptors (Lipinski definition) is 4. The standard InChI is InChI=1S/C13H12FN3O2/c1-8-6-7-9(12(15)17-18)13(16-8)19-11-5-3-2-4-10(11)14/h2-7,18H,1H3,(H2,15,17). The van der Waals surface area contributed by atoms with Crippen LogP contribution in [-0.2, 0) is 0 Å². The zero-order valence-corrected chi connectivity index (χ0v) is 10.2. The van der Waals surface area contributed by atoms with Crippen molar-refractivity contribution in [1.29, 1.82) is 0 Å². The highest BCUT2D eigenvalue weighted by molar-refractivity contribution is 5.99. The molecule has 0 unspecified atom stereocenters. The third-order valence-corrected chi connectivity index (χ3v) is 2.43. The van der Waals surface area contributed by atoms with E-state index in [9.17, 15) is 4.39 Å². The number of pyridine rings is 1. The maximum Gasteiger partial charge on any atom is 0.230 e. The smallest absolute Gasteiger partial charge is 0.230 e. The minimum Gasteiger partial charge on any atom is -0.435 e. The second-order valence-corrected chi connectivity index (χ2v) is 3.82. The summed E-state index contributed by atoms with van der Waals surface area (Å²) < 4.78 is 18.9. The second kappa shape index (κ2) is 5.34. The molecule has 5 nitrogen and oxygen atoms in total. The van der Waals surface area contributed by atoms with Crippen LogP contribution in [0.15, 0.2) is 41.6 Å². The molecule has 6 heteroatoms. The summed E-state index contributed by atoms with van der Waals surface area (Å²) in [4.78, 5) is 4.12. The van der Waals surface area contributed by atoms with Gasteiger partial charge in [-0.05, 0) is 31.2 Å². The molecule has 0 spiro atoms. The lowest BCUT2D eigenvalue weighted by Crippen LogP contribution is -2.15. The average Bonchev–Trinajstić information content (AvgIpc) is 2.41. The van der Waals surface area contributed by atoms with Gasteiger partial charge in [0.15, 0.2) is 17.4 Å². The van der Waals surface area contributed by atoms with Crippen LogP contribution in [-0.4, -0.2) is 16.0 Å². The highest BCUT2D eigenvalue weighted by atomic mass is 19.1. The van der Waals surface area contributed by atoms with E-state index in [-0.39, 0.29) is 23.0 Å². The molecule has 2 rings (SSSR count). The van der Waals surface area contributed by atoms with Crippen molar-refractivity contribution in [2.75, 3.05) is 0 Å². The van der Waals surface area contributed by atoms with Crippen molar-refractivity contribution in [2.24, 2.45) is 10.9 Å². The number of ether oxygens (including phenoxy) is 1. The van der Waals surface area contributed by atoms with E-state index in [4.69, 9.17) is 15.7 Å². The van der Waals surface area contributed by atoms with Crippen molar-refractivity contribution in [3.63, 3.8) is 0 Å². The zero-order chi connectivity index (χ0) is 13.8. The summed E-state index contributed by atoms with van der Waals surface area (Å²) in [5.74, 6) is -0.567. The second-order valence-electron chi connectivity index (χ2n) is 3.82. The highest BCUT2D eigenvalue weighted by Gasteiger charge is 2.13. The minimum atomic E-state index is -0.517. The van der Waals surface area contributed by atoms with Crippen LogP contribution in [0.5, 0.6) is 11.6 Å². The number of halogens is 1. The Labute approximate surface area is 109 Å². The Kier molecular flexibility index (Phi) is 3.61.